The number of carbonyl (C=O) groups is 1. The van der Waals surface area contributed by atoms with Crippen molar-refractivity contribution in [1.29, 1.82) is 0 Å². The Morgan fingerprint density at radius 2 is 2.18 bits per heavy atom. The summed E-state index contributed by atoms with van der Waals surface area (Å²) in [6.07, 6.45) is 0. The van der Waals surface area contributed by atoms with Crippen molar-refractivity contribution in [3.8, 4) is 0 Å². The Bertz CT molecular complexity index is 373. The number of ether oxygens (including phenoxy) is 1. The molecule has 0 unspecified atom stereocenters. The third-order valence-electron chi connectivity index (χ3n) is 2.31. The van der Waals surface area contributed by atoms with Crippen LogP contribution in [-0.4, -0.2) is 19.1 Å². The Morgan fingerprint density at radius 1 is 1.53 bits per heavy atom. The van der Waals surface area contributed by atoms with Crippen LogP contribution >= 0.6 is 43.2 Å². The molecule has 1 atom stereocenters. The van der Waals surface area contributed by atoms with Crippen LogP contribution in [0, 0.1) is 5.92 Å². The van der Waals surface area contributed by atoms with Gasteiger partial charge in [0.25, 0.3) is 0 Å². The van der Waals surface area contributed by atoms with Crippen LogP contribution in [-0.2, 0) is 16.1 Å². The molecule has 6 heteroatoms. The topological polar surface area (TPSA) is 38.3 Å². The van der Waals surface area contributed by atoms with Crippen LogP contribution in [0.2, 0.25) is 0 Å². The van der Waals surface area contributed by atoms with Crippen LogP contribution < -0.4 is 5.32 Å². The summed E-state index contributed by atoms with van der Waals surface area (Å²) in [6, 6.07) is 1.77. The first-order valence-electron chi connectivity index (χ1n) is 5.20. The van der Waals surface area contributed by atoms with E-state index in [0.29, 0.717) is 6.54 Å². The predicted molar refractivity (Wildman–Crippen MR) is 77.2 cm³/mol. The second-order valence-electron chi connectivity index (χ2n) is 3.96. The quantitative estimate of drug-likeness (QED) is 0.788. The summed E-state index contributed by atoms with van der Waals surface area (Å²) >= 11 is 8.53. The molecule has 0 saturated heterocycles. The van der Waals surface area contributed by atoms with Crippen LogP contribution in [0.4, 0.5) is 0 Å². The third-order valence-corrected chi connectivity index (χ3v) is 5.57. The van der Waals surface area contributed by atoms with Crippen molar-refractivity contribution >= 4 is 49.2 Å². The standard InChI is InChI=1S/C11H15Br2NO2S/c1-6(2)9(11(15)16-3)14-5-7-4-8(12)10(13)17-7/h4,6,9,14H,5H2,1-3H3/t9-/m0/s1. The number of rotatable bonds is 5. The van der Waals surface area contributed by atoms with Gasteiger partial charge in [-0.25, -0.2) is 0 Å². The Morgan fingerprint density at radius 3 is 2.59 bits per heavy atom. The van der Waals surface area contributed by atoms with Gasteiger partial charge in [0.1, 0.15) is 6.04 Å². The molecule has 0 spiro atoms. The van der Waals surface area contributed by atoms with Gasteiger partial charge in [-0.1, -0.05) is 13.8 Å². The second-order valence-corrected chi connectivity index (χ2v) is 7.27. The minimum Gasteiger partial charge on any atom is -0.468 e. The lowest BCUT2D eigenvalue weighted by molar-refractivity contribution is -0.144. The van der Waals surface area contributed by atoms with Crippen molar-refractivity contribution in [2.24, 2.45) is 5.92 Å². The van der Waals surface area contributed by atoms with Gasteiger partial charge < -0.3 is 4.74 Å². The van der Waals surface area contributed by atoms with Gasteiger partial charge in [0.05, 0.1) is 10.9 Å². The lowest BCUT2D eigenvalue weighted by Gasteiger charge is -2.19. The van der Waals surface area contributed by atoms with Crippen LogP contribution in [0.25, 0.3) is 0 Å². The van der Waals surface area contributed by atoms with Gasteiger partial charge >= 0.3 is 5.97 Å². The smallest absolute Gasteiger partial charge is 0.323 e. The monoisotopic (exact) mass is 383 g/mol. The average Bonchev–Trinajstić information content (AvgIpc) is 2.57. The number of esters is 1. The van der Waals surface area contributed by atoms with Crippen LogP contribution in [0.5, 0.6) is 0 Å². The number of thiophene rings is 1. The maximum Gasteiger partial charge on any atom is 0.323 e. The number of methoxy groups -OCH3 is 1. The number of hydrogen-bond acceptors (Lipinski definition) is 4. The van der Waals surface area contributed by atoms with Gasteiger partial charge in [-0.2, -0.15) is 0 Å². The fraction of sp³-hybridized carbons (Fsp3) is 0.545. The highest BCUT2D eigenvalue weighted by Gasteiger charge is 2.22. The molecule has 0 bridgehead atoms. The molecule has 0 aromatic carbocycles. The molecular formula is C11H15Br2NO2S. The molecule has 17 heavy (non-hydrogen) atoms. The summed E-state index contributed by atoms with van der Waals surface area (Å²) in [7, 11) is 1.41. The lowest BCUT2D eigenvalue weighted by atomic mass is 10.0. The molecular weight excluding hydrogens is 370 g/mol. The minimum atomic E-state index is -0.264. The molecule has 0 aliphatic rings. The molecule has 0 saturated carbocycles. The number of carbonyl (C=O) groups excluding carboxylic acids is 1. The zero-order valence-electron chi connectivity index (χ0n) is 9.92. The Labute approximate surface area is 122 Å². The van der Waals surface area contributed by atoms with Gasteiger partial charge in [-0.3, -0.25) is 10.1 Å². The largest absolute Gasteiger partial charge is 0.468 e. The molecule has 0 amide bonds. The maximum atomic E-state index is 11.5. The fourth-order valence-corrected chi connectivity index (χ4v) is 3.53. The van der Waals surface area contributed by atoms with Crippen LogP contribution in [0.1, 0.15) is 18.7 Å². The molecule has 1 aromatic heterocycles. The summed E-state index contributed by atoms with van der Waals surface area (Å²) in [5, 5.41) is 3.22. The Hall–Kier alpha value is 0.0900. The van der Waals surface area contributed by atoms with E-state index >= 15 is 0 Å². The molecule has 1 heterocycles. The zero-order valence-corrected chi connectivity index (χ0v) is 13.9. The SMILES string of the molecule is COC(=O)[C@@H](NCc1cc(Br)c(Br)s1)C(C)C. The molecule has 1 aromatic rings. The van der Waals surface area contributed by atoms with Gasteiger partial charge in [-0.05, 0) is 43.8 Å². The van der Waals surface area contributed by atoms with Crippen molar-refractivity contribution in [2.45, 2.75) is 26.4 Å². The number of nitrogens with one attached hydrogen (secondary N) is 1. The van der Waals surface area contributed by atoms with Crippen molar-refractivity contribution in [1.82, 2.24) is 5.32 Å². The van der Waals surface area contributed by atoms with Crippen molar-refractivity contribution in [2.75, 3.05) is 7.11 Å². The maximum absolute atomic E-state index is 11.5. The van der Waals surface area contributed by atoms with E-state index in [1.807, 2.05) is 19.9 Å². The zero-order chi connectivity index (χ0) is 13.0. The first-order valence-corrected chi connectivity index (χ1v) is 7.61. The summed E-state index contributed by atoms with van der Waals surface area (Å²) in [4.78, 5) is 12.7. The first-order chi connectivity index (χ1) is 7.95. The van der Waals surface area contributed by atoms with E-state index in [9.17, 15) is 4.79 Å². The van der Waals surface area contributed by atoms with Crippen molar-refractivity contribution < 1.29 is 9.53 Å². The van der Waals surface area contributed by atoms with Gasteiger partial charge in [0.2, 0.25) is 0 Å². The van der Waals surface area contributed by atoms with Gasteiger partial charge in [0.15, 0.2) is 0 Å². The van der Waals surface area contributed by atoms with Crippen LogP contribution in [0.3, 0.4) is 0 Å². The van der Waals surface area contributed by atoms with E-state index in [0.717, 1.165) is 8.26 Å². The normalized spacial score (nSPS) is 12.8. The highest BCUT2D eigenvalue weighted by atomic mass is 79.9. The average molecular weight is 385 g/mol. The summed E-state index contributed by atoms with van der Waals surface area (Å²) in [5.41, 5.74) is 0. The molecule has 1 rings (SSSR count). The highest BCUT2D eigenvalue weighted by Crippen LogP contribution is 2.32. The molecule has 0 fully saturated rings. The van der Waals surface area contributed by atoms with E-state index in [1.165, 1.54) is 12.0 Å². The third kappa shape index (κ3) is 4.35. The molecule has 3 nitrogen and oxygen atoms in total. The van der Waals surface area contributed by atoms with E-state index in [2.05, 4.69) is 37.2 Å². The minimum absolute atomic E-state index is 0.203. The molecule has 96 valence electrons. The lowest BCUT2D eigenvalue weighted by Crippen LogP contribution is -2.41. The Balaban J connectivity index is 2.61. The molecule has 0 aliphatic heterocycles. The summed E-state index contributed by atoms with van der Waals surface area (Å²) < 4.78 is 6.88. The number of hydrogen-bond donors (Lipinski definition) is 1. The molecule has 1 N–H and O–H groups in total. The van der Waals surface area contributed by atoms with Crippen LogP contribution in [0.15, 0.2) is 14.3 Å². The van der Waals surface area contributed by atoms with Crippen molar-refractivity contribution in [3.63, 3.8) is 0 Å². The molecule has 0 aliphatic carbocycles. The second kappa shape index (κ2) is 6.87. The predicted octanol–water partition coefficient (Wildman–Crippen LogP) is 3.56. The van der Waals surface area contributed by atoms with E-state index in [-0.39, 0.29) is 17.9 Å². The molecule has 0 radical (unpaired) electrons. The number of halogens is 2. The Kier molecular flexibility index (Phi) is 6.12. The van der Waals surface area contributed by atoms with Gasteiger partial charge in [0, 0.05) is 15.9 Å². The van der Waals surface area contributed by atoms with E-state index in [4.69, 9.17) is 4.74 Å². The van der Waals surface area contributed by atoms with E-state index in [1.54, 1.807) is 11.3 Å². The van der Waals surface area contributed by atoms with Crippen molar-refractivity contribution in [3.05, 3.63) is 19.2 Å². The first kappa shape index (κ1) is 15.1. The fourth-order valence-electron chi connectivity index (χ4n) is 1.41. The summed E-state index contributed by atoms with van der Waals surface area (Å²) in [5.74, 6) is -0.0102. The summed E-state index contributed by atoms with van der Waals surface area (Å²) in [6.45, 7) is 4.65. The van der Waals surface area contributed by atoms with E-state index < -0.39 is 0 Å². The van der Waals surface area contributed by atoms with Gasteiger partial charge in [-0.15, -0.1) is 11.3 Å². The highest BCUT2D eigenvalue weighted by molar-refractivity contribution is 9.13.